The van der Waals surface area contributed by atoms with Crippen LogP contribution in [0, 0.1) is 0 Å². The van der Waals surface area contributed by atoms with Crippen LogP contribution in [-0.2, 0) is 19.5 Å². The number of aromatic nitrogens is 6. The van der Waals surface area contributed by atoms with Gasteiger partial charge in [-0.15, -0.1) is 10.2 Å². The number of hydrogen-bond acceptors (Lipinski definition) is 6. The predicted molar refractivity (Wildman–Crippen MR) is 101 cm³/mol. The summed E-state index contributed by atoms with van der Waals surface area (Å²) in [6, 6.07) is 1.74. The Hall–Kier alpha value is -2.97. The van der Waals surface area contributed by atoms with E-state index in [-0.39, 0.29) is 5.91 Å². The maximum Gasteiger partial charge on any atom is 0.276 e. The molecule has 148 valence electrons. The van der Waals surface area contributed by atoms with Crippen LogP contribution in [0.1, 0.15) is 60.5 Å². The van der Waals surface area contributed by atoms with Crippen LogP contribution in [0.4, 0.5) is 0 Å². The van der Waals surface area contributed by atoms with E-state index in [0.717, 1.165) is 43.2 Å². The van der Waals surface area contributed by atoms with Gasteiger partial charge in [0.15, 0.2) is 11.5 Å². The molecular weight excluding hydrogens is 358 g/mol. The Bertz CT molecular complexity index is 920. The van der Waals surface area contributed by atoms with E-state index in [0.29, 0.717) is 31.2 Å². The van der Waals surface area contributed by atoms with E-state index < -0.39 is 0 Å². The minimum Gasteiger partial charge on any atom is -0.361 e. The molecule has 28 heavy (non-hydrogen) atoms. The van der Waals surface area contributed by atoms with Crippen molar-refractivity contribution in [3.63, 3.8) is 0 Å². The molecule has 0 radical (unpaired) electrons. The van der Waals surface area contributed by atoms with Gasteiger partial charge in [0.05, 0.1) is 12.9 Å². The van der Waals surface area contributed by atoms with Gasteiger partial charge in [0.2, 0.25) is 0 Å². The average Bonchev–Trinajstić information content (AvgIpc) is 3.48. The van der Waals surface area contributed by atoms with E-state index in [1.54, 1.807) is 18.6 Å². The van der Waals surface area contributed by atoms with Gasteiger partial charge in [-0.05, 0) is 19.8 Å². The van der Waals surface area contributed by atoms with E-state index >= 15 is 0 Å². The van der Waals surface area contributed by atoms with Crippen molar-refractivity contribution in [3.8, 4) is 0 Å². The van der Waals surface area contributed by atoms with Crippen molar-refractivity contribution in [1.82, 2.24) is 34.4 Å². The minimum absolute atomic E-state index is 0.0559. The summed E-state index contributed by atoms with van der Waals surface area (Å²) in [4.78, 5) is 18.6. The van der Waals surface area contributed by atoms with Crippen LogP contribution in [0.25, 0.3) is 0 Å². The van der Waals surface area contributed by atoms with Gasteiger partial charge in [-0.3, -0.25) is 4.79 Å². The first kappa shape index (κ1) is 18.4. The molecule has 1 fully saturated rings. The van der Waals surface area contributed by atoms with E-state index in [9.17, 15) is 4.79 Å². The third-order valence-electron chi connectivity index (χ3n) is 5.33. The lowest BCUT2D eigenvalue weighted by Crippen LogP contribution is -2.38. The first-order valence-corrected chi connectivity index (χ1v) is 9.82. The topological polar surface area (TPSA) is 94.9 Å². The number of nitrogens with zero attached hydrogens (tertiary/aromatic N) is 7. The first-order chi connectivity index (χ1) is 13.7. The molecule has 0 unspecified atom stereocenters. The van der Waals surface area contributed by atoms with Gasteiger partial charge in [-0.25, -0.2) is 4.98 Å². The highest BCUT2D eigenvalue weighted by atomic mass is 16.5. The highest BCUT2D eigenvalue weighted by Gasteiger charge is 2.29. The lowest BCUT2D eigenvalue weighted by Gasteiger charge is -2.31. The summed E-state index contributed by atoms with van der Waals surface area (Å²) in [6.07, 6.45) is 7.94. The zero-order valence-corrected chi connectivity index (χ0v) is 16.3. The molecule has 0 aliphatic carbocycles. The Labute approximate surface area is 163 Å². The van der Waals surface area contributed by atoms with Crippen molar-refractivity contribution < 1.29 is 9.32 Å². The van der Waals surface area contributed by atoms with Crippen molar-refractivity contribution in [2.45, 2.75) is 52.1 Å². The Kier molecular flexibility index (Phi) is 5.23. The molecule has 1 aliphatic rings. The summed E-state index contributed by atoms with van der Waals surface area (Å²) in [6.45, 7) is 6.94. The van der Waals surface area contributed by atoms with Gasteiger partial charge in [0, 0.05) is 50.4 Å². The van der Waals surface area contributed by atoms with Crippen LogP contribution in [0.3, 0.4) is 0 Å². The molecule has 0 saturated carbocycles. The van der Waals surface area contributed by atoms with Crippen LogP contribution >= 0.6 is 0 Å². The zero-order chi connectivity index (χ0) is 19.5. The number of amides is 1. The fraction of sp³-hybridized carbons (Fsp3) is 0.526. The number of carbonyl (C=O) groups excluding carboxylic acids is 1. The Morgan fingerprint density at radius 1 is 1.25 bits per heavy atom. The second-order valence-electron chi connectivity index (χ2n) is 7.05. The molecule has 0 atom stereocenters. The lowest BCUT2D eigenvalue weighted by atomic mass is 9.95. The van der Waals surface area contributed by atoms with Crippen LogP contribution in [0.15, 0.2) is 29.3 Å². The van der Waals surface area contributed by atoms with Crippen molar-refractivity contribution in [2.24, 2.45) is 0 Å². The molecule has 4 rings (SSSR count). The van der Waals surface area contributed by atoms with Crippen molar-refractivity contribution in [3.05, 3.63) is 47.9 Å². The molecule has 3 aromatic heterocycles. The molecule has 0 bridgehead atoms. The molecule has 4 heterocycles. The Balaban J connectivity index is 1.42. The van der Waals surface area contributed by atoms with Gasteiger partial charge in [0.25, 0.3) is 5.91 Å². The van der Waals surface area contributed by atoms with Crippen molar-refractivity contribution >= 4 is 5.91 Å². The fourth-order valence-corrected chi connectivity index (χ4v) is 3.74. The molecule has 0 N–H and O–H groups in total. The molecule has 9 heteroatoms. The fourth-order valence-electron chi connectivity index (χ4n) is 3.74. The number of rotatable bonds is 6. The summed E-state index contributed by atoms with van der Waals surface area (Å²) < 4.78 is 9.34. The first-order valence-electron chi connectivity index (χ1n) is 9.82. The van der Waals surface area contributed by atoms with Gasteiger partial charge >= 0.3 is 0 Å². The standard InChI is InChI=1S/C19H25N7O2/c1-3-15-11-16(23-28-15)19(27)25-8-5-14(6-9-25)18-22-21-17(26(18)4-2)12-24-10-7-20-13-24/h7,10-11,13-14H,3-6,8-9,12H2,1-2H3. The van der Waals surface area contributed by atoms with Gasteiger partial charge in [-0.1, -0.05) is 12.1 Å². The monoisotopic (exact) mass is 383 g/mol. The third-order valence-corrected chi connectivity index (χ3v) is 5.33. The SMILES string of the molecule is CCc1cc(C(=O)N2CCC(c3nnc(Cn4ccnc4)n3CC)CC2)no1. The number of hydrogen-bond donors (Lipinski definition) is 0. The number of likely N-dealkylation sites (tertiary alicyclic amines) is 1. The molecule has 9 nitrogen and oxygen atoms in total. The largest absolute Gasteiger partial charge is 0.361 e. The molecule has 0 spiro atoms. The van der Waals surface area contributed by atoms with Crippen LogP contribution in [0.2, 0.25) is 0 Å². The van der Waals surface area contributed by atoms with Crippen molar-refractivity contribution in [2.75, 3.05) is 13.1 Å². The maximum absolute atomic E-state index is 12.6. The highest BCUT2D eigenvalue weighted by molar-refractivity contribution is 5.92. The number of piperidine rings is 1. The summed E-state index contributed by atoms with van der Waals surface area (Å²) in [5.41, 5.74) is 0.398. The van der Waals surface area contributed by atoms with E-state index in [1.807, 2.05) is 22.6 Å². The number of aryl methyl sites for hydroxylation is 1. The Morgan fingerprint density at radius 2 is 2.07 bits per heavy atom. The molecular formula is C19H25N7O2. The molecule has 3 aromatic rings. The molecule has 1 amide bonds. The van der Waals surface area contributed by atoms with Gasteiger partial charge in [-0.2, -0.15) is 0 Å². The molecule has 1 aliphatic heterocycles. The second kappa shape index (κ2) is 7.95. The number of carbonyl (C=O) groups is 1. The number of imidazole rings is 1. The summed E-state index contributed by atoms with van der Waals surface area (Å²) in [5, 5.41) is 12.8. The van der Waals surface area contributed by atoms with E-state index in [4.69, 9.17) is 4.52 Å². The summed E-state index contributed by atoms with van der Waals surface area (Å²) in [5.74, 6) is 2.93. The average molecular weight is 383 g/mol. The van der Waals surface area contributed by atoms with Crippen LogP contribution in [0.5, 0.6) is 0 Å². The predicted octanol–water partition coefficient (Wildman–Crippen LogP) is 2.11. The minimum atomic E-state index is -0.0559. The lowest BCUT2D eigenvalue weighted by molar-refractivity contribution is 0.0699. The van der Waals surface area contributed by atoms with Gasteiger partial charge in [0.1, 0.15) is 11.6 Å². The Morgan fingerprint density at radius 3 is 2.71 bits per heavy atom. The third kappa shape index (κ3) is 3.56. The molecule has 1 saturated heterocycles. The smallest absolute Gasteiger partial charge is 0.276 e. The van der Waals surface area contributed by atoms with Gasteiger partial charge < -0.3 is 18.6 Å². The quantitative estimate of drug-likeness (QED) is 0.647. The highest BCUT2D eigenvalue weighted by Crippen LogP contribution is 2.28. The zero-order valence-electron chi connectivity index (χ0n) is 16.3. The van der Waals surface area contributed by atoms with E-state index in [1.165, 1.54) is 0 Å². The summed E-state index contributed by atoms with van der Waals surface area (Å²) in [7, 11) is 0. The maximum atomic E-state index is 12.6. The normalized spacial score (nSPS) is 15.3. The van der Waals surface area contributed by atoms with Crippen LogP contribution in [-0.4, -0.2) is 53.4 Å². The van der Waals surface area contributed by atoms with Crippen LogP contribution < -0.4 is 0 Å². The van der Waals surface area contributed by atoms with E-state index in [2.05, 4.69) is 31.8 Å². The summed E-state index contributed by atoms with van der Waals surface area (Å²) >= 11 is 0. The molecule has 0 aromatic carbocycles. The second-order valence-corrected chi connectivity index (χ2v) is 7.05. The van der Waals surface area contributed by atoms with Crippen molar-refractivity contribution in [1.29, 1.82) is 0 Å².